The molecule has 0 spiro atoms. The van der Waals surface area contributed by atoms with E-state index in [1.807, 2.05) is 22.6 Å². The van der Waals surface area contributed by atoms with Crippen LogP contribution in [0.4, 0.5) is 13.2 Å². The quantitative estimate of drug-likeness (QED) is 0.692. The number of benzene rings is 2. The van der Waals surface area contributed by atoms with Crippen molar-refractivity contribution in [3.05, 3.63) is 69.3 Å². The van der Waals surface area contributed by atoms with Crippen LogP contribution in [0.3, 0.4) is 0 Å². The van der Waals surface area contributed by atoms with Crippen molar-refractivity contribution in [1.82, 2.24) is 5.01 Å². The zero-order chi connectivity index (χ0) is 18.2. The summed E-state index contributed by atoms with van der Waals surface area (Å²) < 4.78 is 40.3. The van der Waals surface area contributed by atoms with Gasteiger partial charge in [0, 0.05) is 14.7 Å². The standard InChI is InChI=1S/C17H12F3IN2O2/c18-17(19,20)14-10-16(25,12-4-2-1-3-5-12)23(22-14)15(24)11-6-8-13(21)9-7-11/h1-9,25H,10H2/t16-/m1/s1. The number of carbonyl (C=O) groups is 1. The topological polar surface area (TPSA) is 52.9 Å². The van der Waals surface area contributed by atoms with Crippen LogP contribution in [-0.2, 0) is 5.72 Å². The van der Waals surface area contributed by atoms with E-state index in [1.54, 1.807) is 30.3 Å². The number of nitrogens with zero attached hydrogens (tertiary/aromatic N) is 2. The van der Waals surface area contributed by atoms with Crippen molar-refractivity contribution >= 4 is 34.2 Å². The second kappa shape index (κ2) is 6.41. The molecular formula is C17H12F3IN2O2. The van der Waals surface area contributed by atoms with Gasteiger partial charge in [-0.1, -0.05) is 30.3 Å². The van der Waals surface area contributed by atoms with Crippen molar-refractivity contribution in [3.63, 3.8) is 0 Å². The molecule has 0 aromatic heterocycles. The fourth-order valence-electron chi connectivity index (χ4n) is 2.56. The molecule has 1 N–H and O–H groups in total. The molecule has 1 aliphatic rings. The highest BCUT2D eigenvalue weighted by Gasteiger charge is 2.53. The number of alkyl halides is 3. The number of hydrazone groups is 1. The van der Waals surface area contributed by atoms with Crippen molar-refractivity contribution in [1.29, 1.82) is 0 Å². The van der Waals surface area contributed by atoms with Gasteiger partial charge in [0.2, 0.25) is 0 Å². The first-order valence-corrected chi connectivity index (χ1v) is 8.32. The van der Waals surface area contributed by atoms with E-state index in [0.29, 0.717) is 5.01 Å². The number of amides is 1. The third-order valence-electron chi connectivity index (χ3n) is 3.83. The first kappa shape index (κ1) is 17.9. The summed E-state index contributed by atoms with van der Waals surface area (Å²) in [6.07, 6.45) is -5.56. The molecule has 3 rings (SSSR count). The van der Waals surface area contributed by atoms with Crippen molar-refractivity contribution in [2.24, 2.45) is 5.10 Å². The van der Waals surface area contributed by atoms with E-state index < -0.39 is 29.9 Å². The Morgan fingerprint density at radius 3 is 2.28 bits per heavy atom. The van der Waals surface area contributed by atoms with E-state index in [1.165, 1.54) is 24.3 Å². The van der Waals surface area contributed by atoms with Gasteiger partial charge in [0.25, 0.3) is 5.91 Å². The van der Waals surface area contributed by atoms with E-state index in [4.69, 9.17) is 0 Å². The second-order valence-corrected chi connectivity index (χ2v) is 6.77. The summed E-state index contributed by atoms with van der Waals surface area (Å²) >= 11 is 2.05. The van der Waals surface area contributed by atoms with Crippen LogP contribution in [0.2, 0.25) is 0 Å². The number of halogens is 4. The molecule has 2 aromatic carbocycles. The molecule has 1 atom stereocenters. The summed E-state index contributed by atoms with van der Waals surface area (Å²) in [4.78, 5) is 12.7. The molecule has 0 aliphatic carbocycles. The third-order valence-corrected chi connectivity index (χ3v) is 4.55. The minimum atomic E-state index is -4.73. The maximum absolute atomic E-state index is 13.1. The molecule has 0 radical (unpaired) electrons. The van der Waals surface area contributed by atoms with Gasteiger partial charge >= 0.3 is 6.18 Å². The number of hydrogen-bond donors (Lipinski definition) is 1. The van der Waals surface area contributed by atoms with Crippen LogP contribution in [0.25, 0.3) is 0 Å². The highest BCUT2D eigenvalue weighted by molar-refractivity contribution is 14.1. The predicted octanol–water partition coefficient (Wildman–Crippen LogP) is 3.90. The van der Waals surface area contributed by atoms with Gasteiger partial charge in [-0.3, -0.25) is 4.79 Å². The molecule has 0 bridgehead atoms. The van der Waals surface area contributed by atoms with E-state index in [2.05, 4.69) is 5.10 Å². The number of carbonyl (C=O) groups excluding carboxylic acids is 1. The van der Waals surface area contributed by atoms with Gasteiger partial charge in [-0.15, -0.1) is 0 Å². The van der Waals surface area contributed by atoms with Crippen LogP contribution in [0.15, 0.2) is 59.7 Å². The van der Waals surface area contributed by atoms with E-state index in [9.17, 15) is 23.1 Å². The minimum absolute atomic E-state index is 0.141. The van der Waals surface area contributed by atoms with E-state index in [-0.39, 0.29) is 11.1 Å². The molecule has 25 heavy (non-hydrogen) atoms. The molecule has 0 fully saturated rings. The third kappa shape index (κ3) is 3.40. The highest BCUT2D eigenvalue weighted by atomic mass is 127. The van der Waals surface area contributed by atoms with Crippen molar-refractivity contribution in [3.8, 4) is 0 Å². The van der Waals surface area contributed by atoms with Crippen molar-refractivity contribution < 1.29 is 23.1 Å². The van der Waals surface area contributed by atoms with Gasteiger partial charge in [-0.2, -0.15) is 23.3 Å². The first-order valence-electron chi connectivity index (χ1n) is 7.24. The fourth-order valence-corrected chi connectivity index (χ4v) is 2.92. The molecule has 0 saturated carbocycles. The van der Waals surface area contributed by atoms with Gasteiger partial charge < -0.3 is 5.11 Å². The van der Waals surface area contributed by atoms with Crippen LogP contribution in [-0.4, -0.2) is 27.9 Å². The maximum atomic E-state index is 13.1. The lowest BCUT2D eigenvalue weighted by Crippen LogP contribution is -2.43. The molecule has 8 heteroatoms. The molecule has 130 valence electrons. The largest absolute Gasteiger partial charge is 0.431 e. The summed E-state index contributed by atoms with van der Waals surface area (Å²) in [6.45, 7) is 0. The van der Waals surface area contributed by atoms with E-state index in [0.717, 1.165) is 3.57 Å². The van der Waals surface area contributed by atoms with Crippen molar-refractivity contribution in [2.45, 2.75) is 18.3 Å². The second-order valence-electron chi connectivity index (χ2n) is 5.53. The Morgan fingerprint density at radius 2 is 1.72 bits per heavy atom. The molecule has 0 unspecified atom stereocenters. The zero-order valence-corrected chi connectivity index (χ0v) is 14.8. The number of rotatable bonds is 2. The molecule has 1 amide bonds. The molecule has 0 saturated heterocycles. The fraction of sp³-hybridized carbons (Fsp3) is 0.176. The van der Waals surface area contributed by atoms with Crippen LogP contribution >= 0.6 is 22.6 Å². The maximum Gasteiger partial charge on any atom is 0.431 e. The number of aliphatic hydroxyl groups is 1. The zero-order valence-electron chi connectivity index (χ0n) is 12.7. The van der Waals surface area contributed by atoms with Crippen LogP contribution in [0, 0.1) is 3.57 Å². The first-order chi connectivity index (χ1) is 11.7. The minimum Gasteiger partial charge on any atom is -0.365 e. The Morgan fingerprint density at radius 1 is 1.12 bits per heavy atom. The lowest BCUT2D eigenvalue weighted by Gasteiger charge is -2.31. The molecule has 2 aromatic rings. The summed E-state index contributed by atoms with van der Waals surface area (Å²) in [5.41, 5.74) is -3.08. The lowest BCUT2D eigenvalue weighted by molar-refractivity contribution is -0.0816. The monoisotopic (exact) mass is 460 g/mol. The Balaban J connectivity index is 2.06. The molecular weight excluding hydrogens is 448 g/mol. The lowest BCUT2D eigenvalue weighted by atomic mass is 9.96. The smallest absolute Gasteiger partial charge is 0.365 e. The highest BCUT2D eigenvalue weighted by Crippen LogP contribution is 2.40. The molecule has 4 nitrogen and oxygen atoms in total. The SMILES string of the molecule is O=C(c1ccc(I)cc1)N1N=C(C(F)(F)F)C[C@@]1(O)c1ccccc1. The van der Waals surface area contributed by atoms with Gasteiger partial charge in [0.15, 0.2) is 5.72 Å². The Kier molecular flexibility index (Phi) is 4.58. The van der Waals surface area contributed by atoms with Crippen LogP contribution in [0.5, 0.6) is 0 Å². The summed E-state index contributed by atoms with van der Waals surface area (Å²) in [5, 5.41) is 14.9. The summed E-state index contributed by atoms with van der Waals surface area (Å²) in [7, 11) is 0. The molecule has 1 heterocycles. The average molecular weight is 460 g/mol. The number of hydrogen-bond acceptors (Lipinski definition) is 3. The van der Waals surface area contributed by atoms with Crippen LogP contribution < -0.4 is 0 Å². The Labute approximate surface area is 155 Å². The van der Waals surface area contributed by atoms with Gasteiger partial charge in [0.05, 0.1) is 6.42 Å². The molecule has 1 aliphatic heterocycles. The average Bonchev–Trinajstić information content (AvgIpc) is 2.95. The van der Waals surface area contributed by atoms with Crippen LogP contribution in [0.1, 0.15) is 22.3 Å². The summed E-state index contributed by atoms with van der Waals surface area (Å²) in [6, 6.07) is 14.0. The normalized spacial score (nSPS) is 20.5. The Bertz CT molecular complexity index is 822. The predicted molar refractivity (Wildman–Crippen MR) is 93.8 cm³/mol. The van der Waals surface area contributed by atoms with E-state index >= 15 is 0 Å². The Hall–Kier alpha value is -1.94. The van der Waals surface area contributed by atoms with Gasteiger partial charge in [0.1, 0.15) is 5.71 Å². The van der Waals surface area contributed by atoms with Gasteiger partial charge in [-0.05, 0) is 46.9 Å². The summed E-state index contributed by atoms with van der Waals surface area (Å²) in [5.74, 6) is -0.804. The van der Waals surface area contributed by atoms with Gasteiger partial charge in [-0.25, -0.2) is 0 Å². The van der Waals surface area contributed by atoms with Crippen molar-refractivity contribution in [2.75, 3.05) is 0 Å².